The average molecular weight is 226 g/mol. The Morgan fingerprint density at radius 2 is 2.31 bits per heavy atom. The lowest BCUT2D eigenvalue weighted by atomic mass is 10.2. The molecule has 1 aliphatic heterocycles. The van der Waals surface area contributed by atoms with Crippen molar-refractivity contribution in [2.45, 2.75) is 12.5 Å². The standard InChI is InChI=1S/C10H11FN2O3/c11-8-2-1-3-9(10(8)13(15)16)12-5-4-7(14)6-12/h1-3,7,14H,4-6H2/t7-/m0/s1. The maximum atomic E-state index is 13.3. The Bertz CT molecular complexity index is 425. The summed E-state index contributed by atoms with van der Waals surface area (Å²) in [7, 11) is 0. The van der Waals surface area contributed by atoms with Crippen LogP contribution in [0.2, 0.25) is 0 Å². The molecule has 0 radical (unpaired) electrons. The van der Waals surface area contributed by atoms with Crippen molar-refractivity contribution in [1.29, 1.82) is 0 Å². The van der Waals surface area contributed by atoms with Gasteiger partial charge in [0.05, 0.1) is 11.0 Å². The summed E-state index contributed by atoms with van der Waals surface area (Å²) in [5.74, 6) is -0.844. The van der Waals surface area contributed by atoms with Crippen molar-refractivity contribution in [2.75, 3.05) is 18.0 Å². The van der Waals surface area contributed by atoms with E-state index in [4.69, 9.17) is 0 Å². The van der Waals surface area contributed by atoms with Gasteiger partial charge in [0.1, 0.15) is 5.69 Å². The molecule has 1 saturated heterocycles. The van der Waals surface area contributed by atoms with Gasteiger partial charge in [0, 0.05) is 13.1 Å². The largest absolute Gasteiger partial charge is 0.391 e. The molecule has 0 bridgehead atoms. The zero-order chi connectivity index (χ0) is 11.7. The topological polar surface area (TPSA) is 66.6 Å². The van der Waals surface area contributed by atoms with Gasteiger partial charge in [-0.15, -0.1) is 0 Å². The fourth-order valence-electron chi connectivity index (χ4n) is 1.90. The number of nitrogens with zero attached hydrogens (tertiary/aromatic N) is 2. The van der Waals surface area contributed by atoms with Crippen LogP contribution in [0.1, 0.15) is 6.42 Å². The lowest BCUT2D eigenvalue weighted by Crippen LogP contribution is -2.22. The van der Waals surface area contributed by atoms with Crippen LogP contribution in [0.25, 0.3) is 0 Å². The molecule has 1 atom stereocenters. The molecule has 6 heteroatoms. The van der Waals surface area contributed by atoms with Gasteiger partial charge in [-0.3, -0.25) is 10.1 Å². The third-order valence-electron chi connectivity index (χ3n) is 2.65. The molecule has 1 heterocycles. The summed E-state index contributed by atoms with van der Waals surface area (Å²) in [6.07, 6.45) is 0.0519. The minimum Gasteiger partial charge on any atom is -0.391 e. The minimum atomic E-state index is -0.844. The van der Waals surface area contributed by atoms with Crippen LogP contribution in [0.4, 0.5) is 15.8 Å². The Hall–Kier alpha value is -1.69. The van der Waals surface area contributed by atoms with E-state index in [1.165, 1.54) is 12.1 Å². The molecule has 0 spiro atoms. The third kappa shape index (κ3) is 1.83. The molecular weight excluding hydrogens is 215 g/mol. The van der Waals surface area contributed by atoms with Crippen LogP contribution in [0.3, 0.4) is 0 Å². The number of hydrogen-bond donors (Lipinski definition) is 1. The van der Waals surface area contributed by atoms with Crippen molar-refractivity contribution in [3.8, 4) is 0 Å². The van der Waals surface area contributed by atoms with Gasteiger partial charge in [-0.05, 0) is 18.6 Å². The van der Waals surface area contributed by atoms with Gasteiger partial charge in [0.15, 0.2) is 0 Å². The van der Waals surface area contributed by atoms with Crippen molar-refractivity contribution in [3.05, 3.63) is 34.1 Å². The summed E-state index contributed by atoms with van der Waals surface area (Å²) in [4.78, 5) is 11.7. The highest BCUT2D eigenvalue weighted by atomic mass is 19.1. The summed E-state index contributed by atoms with van der Waals surface area (Å²) in [6.45, 7) is 0.815. The molecule has 1 aromatic rings. The number of β-amino-alcohol motifs (C(OH)–C–C–N with tert-alkyl or cyclic N) is 1. The van der Waals surface area contributed by atoms with E-state index in [1.807, 2.05) is 0 Å². The number of nitro benzene ring substituents is 1. The van der Waals surface area contributed by atoms with Crippen LogP contribution in [0.5, 0.6) is 0 Å². The fraction of sp³-hybridized carbons (Fsp3) is 0.400. The average Bonchev–Trinajstić information content (AvgIpc) is 2.63. The molecule has 5 nitrogen and oxygen atoms in total. The van der Waals surface area contributed by atoms with Crippen molar-refractivity contribution in [1.82, 2.24) is 0 Å². The first-order valence-corrected chi connectivity index (χ1v) is 4.95. The molecule has 2 rings (SSSR count). The number of para-hydroxylation sites is 1. The van der Waals surface area contributed by atoms with Crippen LogP contribution >= 0.6 is 0 Å². The number of hydrogen-bond acceptors (Lipinski definition) is 4. The van der Waals surface area contributed by atoms with Crippen molar-refractivity contribution in [3.63, 3.8) is 0 Å². The Morgan fingerprint density at radius 3 is 2.88 bits per heavy atom. The van der Waals surface area contributed by atoms with Gasteiger partial charge in [-0.25, -0.2) is 0 Å². The molecule has 16 heavy (non-hydrogen) atoms. The molecule has 0 unspecified atom stereocenters. The number of halogens is 1. The van der Waals surface area contributed by atoms with E-state index in [-0.39, 0.29) is 5.69 Å². The van der Waals surface area contributed by atoms with Gasteiger partial charge in [-0.1, -0.05) is 6.07 Å². The summed E-state index contributed by atoms with van der Waals surface area (Å²) in [5, 5.41) is 20.1. The molecule has 1 fully saturated rings. The molecular formula is C10H11FN2O3. The van der Waals surface area contributed by atoms with Crippen LogP contribution in [-0.4, -0.2) is 29.2 Å². The Labute approximate surface area is 91.3 Å². The maximum absolute atomic E-state index is 13.3. The minimum absolute atomic E-state index is 0.238. The number of aliphatic hydroxyl groups excluding tert-OH is 1. The number of anilines is 1. The van der Waals surface area contributed by atoms with Crippen LogP contribution < -0.4 is 4.90 Å². The molecule has 1 aromatic carbocycles. The highest BCUT2D eigenvalue weighted by Gasteiger charge is 2.28. The van der Waals surface area contributed by atoms with E-state index >= 15 is 0 Å². The number of aliphatic hydroxyl groups is 1. The summed E-state index contributed by atoms with van der Waals surface area (Å²) < 4.78 is 13.3. The quantitative estimate of drug-likeness (QED) is 0.609. The molecule has 1 aliphatic rings. The van der Waals surface area contributed by atoms with Gasteiger partial charge in [0.2, 0.25) is 5.82 Å². The normalized spacial score (nSPS) is 20.1. The molecule has 0 amide bonds. The van der Waals surface area contributed by atoms with Crippen LogP contribution in [-0.2, 0) is 0 Å². The Morgan fingerprint density at radius 1 is 1.56 bits per heavy atom. The molecule has 86 valence electrons. The third-order valence-corrected chi connectivity index (χ3v) is 2.65. The summed E-state index contributed by atoms with van der Waals surface area (Å²) >= 11 is 0. The molecule has 0 saturated carbocycles. The first-order valence-electron chi connectivity index (χ1n) is 4.95. The Balaban J connectivity index is 2.40. The van der Waals surface area contributed by atoms with E-state index in [2.05, 4.69) is 0 Å². The second-order valence-corrected chi connectivity index (χ2v) is 3.75. The van der Waals surface area contributed by atoms with Gasteiger partial charge in [0.25, 0.3) is 0 Å². The zero-order valence-corrected chi connectivity index (χ0v) is 8.47. The monoisotopic (exact) mass is 226 g/mol. The smallest absolute Gasteiger partial charge is 0.327 e. The van der Waals surface area contributed by atoms with Gasteiger partial charge >= 0.3 is 5.69 Å². The maximum Gasteiger partial charge on any atom is 0.327 e. The summed E-state index contributed by atoms with van der Waals surface area (Å²) in [6, 6.07) is 4.00. The predicted molar refractivity (Wildman–Crippen MR) is 55.9 cm³/mol. The van der Waals surface area contributed by atoms with E-state index in [0.717, 1.165) is 6.07 Å². The summed E-state index contributed by atoms with van der Waals surface area (Å²) in [5.41, 5.74) is -0.279. The number of rotatable bonds is 2. The molecule has 0 aliphatic carbocycles. The second-order valence-electron chi connectivity index (χ2n) is 3.75. The second kappa shape index (κ2) is 4.05. The van der Waals surface area contributed by atoms with Crippen LogP contribution in [0, 0.1) is 15.9 Å². The Kier molecular flexibility index (Phi) is 2.74. The van der Waals surface area contributed by atoms with E-state index in [0.29, 0.717) is 19.5 Å². The highest BCUT2D eigenvalue weighted by Crippen LogP contribution is 2.32. The molecule has 0 aromatic heterocycles. The predicted octanol–water partition coefficient (Wildman–Crippen LogP) is 1.30. The number of nitro groups is 1. The fourth-order valence-corrected chi connectivity index (χ4v) is 1.90. The lowest BCUT2D eigenvalue weighted by molar-refractivity contribution is -0.386. The first kappa shape index (κ1) is 10.8. The van der Waals surface area contributed by atoms with Crippen molar-refractivity contribution >= 4 is 11.4 Å². The van der Waals surface area contributed by atoms with Gasteiger partial charge < -0.3 is 10.0 Å². The van der Waals surface area contributed by atoms with Gasteiger partial charge in [-0.2, -0.15) is 4.39 Å². The van der Waals surface area contributed by atoms with E-state index in [9.17, 15) is 19.6 Å². The van der Waals surface area contributed by atoms with Crippen LogP contribution in [0.15, 0.2) is 18.2 Å². The highest BCUT2D eigenvalue weighted by molar-refractivity contribution is 5.64. The van der Waals surface area contributed by atoms with E-state index in [1.54, 1.807) is 4.90 Å². The SMILES string of the molecule is O=[N+]([O-])c1c(F)cccc1N1CC[C@H](O)C1. The first-order chi connectivity index (χ1) is 7.59. The van der Waals surface area contributed by atoms with Crippen molar-refractivity contribution < 1.29 is 14.4 Å². The lowest BCUT2D eigenvalue weighted by Gasteiger charge is -2.17. The zero-order valence-electron chi connectivity index (χ0n) is 8.47. The van der Waals surface area contributed by atoms with Crippen molar-refractivity contribution in [2.24, 2.45) is 0 Å². The van der Waals surface area contributed by atoms with E-state index < -0.39 is 22.5 Å². The number of benzene rings is 1. The molecule has 1 N–H and O–H groups in total.